The van der Waals surface area contributed by atoms with Gasteiger partial charge in [-0.3, -0.25) is 19.3 Å². The molecule has 0 saturated carbocycles. The Balaban J connectivity index is 1.43. The standard InChI is InChI=1S/C31H49N5O5/c1-33(2)13-8-27-22-35-16-9-26(27)20-29(37)32-12-17-40-18-19-41-24-31(39)36(23-30(35)38)28-10-14-34(15-11-28)21-25-6-4-3-5-7-25/h3-7,26-28H,8-24H2,1-2H3,(H,32,37)/t26-,27-/m0/s1. The van der Waals surface area contributed by atoms with Gasteiger partial charge in [-0.25, -0.2) is 0 Å². The van der Waals surface area contributed by atoms with Gasteiger partial charge < -0.3 is 29.5 Å². The maximum atomic E-state index is 13.7. The molecular weight excluding hydrogens is 522 g/mol. The summed E-state index contributed by atoms with van der Waals surface area (Å²) in [5.74, 6) is 0.379. The molecule has 4 saturated heterocycles. The highest BCUT2D eigenvalue weighted by Crippen LogP contribution is 2.30. The molecule has 1 aromatic rings. The zero-order valence-corrected chi connectivity index (χ0v) is 25.0. The van der Waals surface area contributed by atoms with Crippen LogP contribution in [0.1, 0.15) is 37.7 Å². The van der Waals surface area contributed by atoms with Crippen LogP contribution in [0.5, 0.6) is 0 Å². The van der Waals surface area contributed by atoms with E-state index in [0.29, 0.717) is 45.9 Å². The van der Waals surface area contributed by atoms with Gasteiger partial charge in [0.15, 0.2) is 0 Å². The molecule has 4 aliphatic rings. The van der Waals surface area contributed by atoms with Crippen LogP contribution in [0.3, 0.4) is 0 Å². The lowest BCUT2D eigenvalue weighted by Gasteiger charge is -2.42. The van der Waals surface area contributed by atoms with Crippen LogP contribution in [0.25, 0.3) is 0 Å². The Kier molecular flexibility index (Phi) is 12.4. The van der Waals surface area contributed by atoms with Crippen molar-refractivity contribution < 1.29 is 23.9 Å². The van der Waals surface area contributed by atoms with Crippen LogP contribution in [0.15, 0.2) is 30.3 Å². The maximum Gasteiger partial charge on any atom is 0.249 e. The van der Waals surface area contributed by atoms with Crippen molar-refractivity contribution in [3.63, 3.8) is 0 Å². The van der Waals surface area contributed by atoms with Crippen LogP contribution in [0, 0.1) is 11.8 Å². The van der Waals surface area contributed by atoms with Crippen molar-refractivity contribution in [3.8, 4) is 0 Å². The number of nitrogens with zero attached hydrogens (tertiary/aromatic N) is 4. The number of hydrogen-bond acceptors (Lipinski definition) is 7. The fourth-order valence-corrected chi connectivity index (χ4v) is 6.26. The Morgan fingerprint density at radius 2 is 1.68 bits per heavy atom. The fraction of sp³-hybridized carbons (Fsp3) is 0.710. The van der Waals surface area contributed by atoms with Gasteiger partial charge in [0, 0.05) is 51.7 Å². The van der Waals surface area contributed by atoms with E-state index in [2.05, 4.69) is 39.4 Å². The van der Waals surface area contributed by atoms with E-state index in [1.54, 1.807) is 4.90 Å². The predicted molar refractivity (Wildman–Crippen MR) is 157 cm³/mol. The molecule has 1 N–H and O–H groups in total. The molecule has 0 aliphatic carbocycles. The molecule has 1 aromatic carbocycles. The average molecular weight is 572 g/mol. The molecule has 0 spiro atoms. The van der Waals surface area contributed by atoms with Crippen LogP contribution in [-0.2, 0) is 30.4 Å². The number of piperidine rings is 2. The Morgan fingerprint density at radius 3 is 2.44 bits per heavy atom. The second kappa shape index (κ2) is 16.2. The van der Waals surface area contributed by atoms with Crippen molar-refractivity contribution in [3.05, 3.63) is 35.9 Å². The molecule has 0 unspecified atom stereocenters. The van der Waals surface area contributed by atoms with Crippen molar-refractivity contribution in [1.82, 2.24) is 24.9 Å². The van der Waals surface area contributed by atoms with Crippen molar-refractivity contribution >= 4 is 17.7 Å². The lowest BCUT2D eigenvalue weighted by atomic mass is 9.80. The minimum Gasteiger partial charge on any atom is -0.377 e. The molecule has 4 fully saturated rings. The van der Waals surface area contributed by atoms with E-state index in [-0.39, 0.29) is 48.8 Å². The monoisotopic (exact) mass is 571 g/mol. The largest absolute Gasteiger partial charge is 0.377 e. The first kappa shape index (κ1) is 31.4. The highest BCUT2D eigenvalue weighted by Gasteiger charge is 2.35. The Morgan fingerprint density at radius 1 is 0.927 bits per heavy atom. The second-order valence-electron chi connectivity index (χ2n) is 12.0. The number of nitrogens with one attached hydrogen (secondary N) is 1. The van der Waals surface area contributed by atoms with Gasteiger partial charge in [0.2, 0.25) is 17.7 Å². The van der Waals surface area contributed by atoms with Crippen molar-refractivity contribution in [2.75, 3.05) is 86.3 Å². The molecule has 228 valence electrons. The molecule has 3 amide bonds. The molecule has 4 aliphatic heterocycles. The van der Waals surface area contributed by atoms with E-state index in [1.165, 1.54) is 5.56 Å². The zero-order chi connectivity index (χ0) is 29.0. The van der Waals surface area contributed by atoms with Gasteiger partial charge in [-0.1, -0.05) is 30.3 Å². The summed E-state index contributed by atoms with van der Waals surface area (Å²) >= 11 is 0. The van der Waals surface area contributed by atoms with Crippen LogP contribution in [-0.4, -0.2) is 130 Å². The molecule has 10 nitrogen and oxygen atoms in total. The summed E-state index contributed by atoms with van der Waals surface area (Å²) in [5, 5.41) is 2.97. The molecule has 0 radical (unpaired) electrons. The summed E-state index contributed by atoms with van der Waals surface area (Å²) in [5.41, 5.74) is 1.29. The summed E-state index contributed by atoms with van der Waals surface area (Å²) < 4.78 is 11.3. The molecule has 4 heterocycles. The third-order valence-electron chi connectivity index (χ3n) is 8.68. The minimum atomic E-state index is -0.132. The van der Waals surface area contributed by atoms with Crippen molar-refractivity contribution in [2.24, 2.45) is 11.8 Å². The molecule has 10 heteroatoms. The third-order valence-corrected chi connectivity index (χ3v) is 8.68. The molecule has 41 heavy (non-hydrogen) atoms. The summed E-state index contributed by atoms with van der Waals surface area (Å²) in [7, 11) is 4.10. The molecule has 2 bridgehead atoms. The highest BCUT2D eigenvalue weighted by atomic mass is 16.5. The maximum absolute atomic E-state index is 13.7. The minimum absolute atomic E-state index is 0.00716. The zero-order valence-electron chi connectivity index (χ0n) is 25.0. The van der Waals surface area contributed by atoms with Crippen LogP contribution in [0.2, 0.25) is 0 Å². The van der Waals surface area contributed by atoms with Gasteiger partial charge in [0.1, 0.15) is 13.2 Å². The van der Waals surface area contributed by atoms with Crippen LogP contribution >= 0.6 is 0 Å². The summed E-state index contributed by atoms with van der Waals surface area (Å²) in [4.78, 5) is 48.1. The van der Waals surface area contributed by atoms with E-state index in [4.69, 9.17) is 9.47 Å². The first-order valence-corrected chi connectivity index (χ1v) is 15.3. The topological polar surface area (TPSA) is 94.7 Å². The first-order valence-electron chi connectivity index (χ1n) is 15.3. The lowest BCUT2D eigenvalue weighted by molar-refractivity contribution is -0.148. The van der Waals surface area contributed by atoms with Gasteiger partial charge in [0.25, 0.3) is 0 Å². The molecular formula is C31H49N5O5. The summed E-state index contributed by atoms with van der Waals surface area (Å²) in [6.45, 7) is 6.32. The van der Waals surface area contributed by atoms with E-state index < -0.39 is 0 Å². The number of hydrogen-bond donors (Lipinski definition) is 1. The Hall–Kier alpha value is -2.53. The Bertz CT molecular complexity index is 969. The number of amides is 3. The SMILES string of the molecule is CN(C)CC[C@H]1CN2CC[C@H]1CC(=O)NCCOCCOCC(=O)N(C1CCN(Cc3ccccc3)CC1)CC2=O. The first-order chi connectivity index (χ1) is 19.9. The predicted octanol–water partition coefficient (Wildman–Crippen LogP) is 1.45. The van der Waals surface area contributed by atoms with Gasteiger partial charge in [-0.05, 0) is 63.7 Å². The molecule has 5 rings (SSSR count). The quantitative estimate of drug-likeness (QED) is 0.517. The lowest BCUT2D eigenvalue weighted by Crippen LogP contribution is -2.54. The van der Waals surface area contributed by atoms with Gasteiger partial charge >= 0.3 is 0 Å². The number of likely N-dealkylation sites (tertiary alicyclic amines) is 1. The third kappa shape index (κ3) is 10.1. The van der Waals surface area contributed by atoms with Gasteiger partial charge in [0.05, 0.1) is 19.8 Å². The number of ether oxygens (including phenoxy) is 2. The van der Waals surface area contributed by atoms with E-state index >= 15 is 0 Å². The molecule has 0 aromatic heterocycles. The summed E-state index contributed by atoms with van der Waals surface area (Å²) in [6, 6.07) is 10.5. The average Bonchev–Trinajstić information content (AvgIpc) is 2.97. The Labute approximate surface area is 245 Å². The van der Waals surface area contributed by atoms with Crippen molar-refractivity contribution in [2.45, 2.75) is 44.7 Å². The van der Waals surface area contributed by atoms with E-state index in [1.807, 2.05) is 25.1 Å². The van der Waals surface area contributed by atoms with Gasteiger partial charge in [-0.15, -0.1) is 0 Å². The van der Waals surface area contributed by atoms with Crippen LogP contribution in [0.4, 0.5) is 0 Å². The van der Waals surface area contributed by atoms with E-state index in [0.717, 1.165) is 51.9 Å². The normalized spacial score (nSPS) is 25.3. The van der Waals surface area contributed by atoms with E-state index in [9.17, 15) is 14.4 Å². The number of rotatable bonds is 6. The fourth-order valence-electron chi connectivity index (χ4n) is 6.26. The summed E-state index contributed by atoms with van der Waals surface area (Å²) in [6.07, 6.45) is 3.85. The second-order valence-corrected chi connectivity index (χ2v) is 12.0. The molecule has 2 atom stereocenters. The number of fused-ring (bicyclic) bond motifs is 15. The smallest absolute Gasteiger partial charge is 0.249 e. The van der Waals surface area contributed by atoms with Gasteiger partial charge in [-0.2, -0.15) is 0 Å². The number of carbonyl (C=O) groups is 3. The van der Waals surface area contributed by atoms with Crippen LogP contribution < -0.4 is 5.32 Å². The highest BCUT2D eigenvalue weighted by molar-refractivity contribution is 5.85. The number of benzene rings is 1. The number of carbonyl (C=O) groups excluding carboxylic acids is 3. The van der Waals surface area contributed by atoms with Crippen molar-refractivity contribution in [1.29, 1.82) is 0 Å².